The maximum absolute atomic E-state index is 13.6. The molecule has 0 spiro atoms. The third-order valence-corrected chi connectivity index (χ3v) is 7.08. The number of alkyl halides is 3. The molecule has 2 aliphatic heterocycles. The largest absolute Gasteiger partial charge is 0.491 e. The number of piperidine rings is 1. The first-order valence-corrected chi connectivity index (χ1v) is 11.7. The summed E-state index contributed by atoms with van der Waals surface area (Å²) in [5.41, 5.74) is 1.43. The fourth-order valence-corrected chi connectivity index (χ4v) is 5.49. The maximum Gasteiger partial charge on any atom is 0.416 e. The molecule has 1 aliphatic carbocycles. The number of ether oxygens (including phenoxy) is 2. The Morgan fingerprint density at radius 3 is 2.75 bits per heavy atom. The number of fused-ring (bicyclic) bond motifs is 2. The van der Waals surface area contributed by atoms with Crippen LogP contribution in [0.5, 0.6) is 5.75 Å². The number of rotatable bonds is 3. The second-order valence-electron chi connectivity index (χ2n) is 8.24. The van der Waals surface area contributed by atoms with Gasteiger partial charge in [-0.2, -0.15) is 13.2 Å². The first-order valence-electron chi connectivity index (χ1n) is 10.9. The van der Waals surface area contributed by atoms with Crippen LogP contribution in [0.1, 0.15) is 36.3 Å². The molecular weight excluding hydrogens is 437 g/mol. The number of benzene rings is 1. The molecule has 8 heteroatoms. The summed E-state index contributed by atoms with van der Waals surface area (Å²) >= 11 is 1.52. The van der Waals surface area contributed by atoms with E-state index in [0.717, 1.165) is 53.1 Å². The molecule has 3 aliphatic rings. The monoisotopic (exact) mass is 462 g/mol. The lowest BCUT2D eigenvalue weighted by atomic mass is 9.90. The smallest absolute Gasteiger partial charge is 0.416 e. The van der Waals surface area contributed by atoms with Crippen LogP contribution in [-0.4, -0.2) is 36.5 Å². The summed E-state index contributed by atoms with van der Waals surface area (Å²) in [5, 5.41) is 4.88. The second-order valence-corrected chi connectivity index (χ2v) is 9.28. The highest BCUT2D eigenvalue weighted by Gasteiger charge is 2.32. The van der Waals surface area contributed by atoms with Gasteiger partial charge in [0.15, 0.2) is 0 Å². The molecule has 1 aromatic heterocycles. The Kier molecular flexibility index (Phi) is 6.09. The van der Waals surface area contributed by atoms with E-state index in [4.69, 9.17) is 9.47 Å². The van der Waals surface area contributed by atoms with E-state index in [9.17, 15) is 13.2 Å². The summed E-state index contributed by atoms with van der Waals surface area (Å²) < 4.78 is 54.1. The van der Waals surface area contributed by atoms with Gasteiger partial charge in [0.05, 0.1) is 24.1 Å². The quantitative estimate of drug-likeness (QED) is 0.751. The van der Waals surface area contributed by atoms with Crippen LogP contribution in [0.2, 0.25) is 0 Å². The van der Waals surface area contributed by atoms with Crippen molar-refractivity contribution < 1.29 is 22.6 Å². The van der Waals surface area contributed by atoms with Gasteiger partial charge in [-0.05, 0) is 80.1 Å². The van der Waals surface area contributed by atoms with Gasteiger partial charge in [-0.15, -0.1) is 0 Å². The van der Waals surface area contributed by atoms with E-state index >= 15 is 0 Å². The van der Waals surface area contributed by atoms with Gasteiger partial charge in [-0.1, -0.05) is 12.2 Å². The molecule has 0 radical (unpaired) electrons. The average Bonchev–Trinajstić information content (AvgIpc) is 2.97. The third-order valence-electron chi connectivity index (χ3n) is 6.11. The molecule has 4 nitrogen and oxygen atoms in total. The van der Waals surface area contributed by atoms with Gasteiger partial charge in [-0.25, -0.2) is 0 Å². The van der Waals surface area contributed by atoms with E-state index in [2.05, 4.69) is 5.32 Å². The second kappa shape index (κ2) is 9.00. The van der Waals surface area contributed by atoms with Crippen molar-refractivity contribution >= 4 is 24.1 Å². The van der Waals surface area contributed by atoms with E-state index in [1.165, 1.54) is 24.1 Å². The van der Waals surface area contributed by atoms with Gasteiger partial charge in [0.25, 0.3) is 0 Å². The summed E-state index contributed by atoms with van der Waals surface area (Å²) in [5.74, 6) is 1.07. The molecule has 0 amide bonds. The van der Waals surface area contributed by atoms with Crippen molar-refractivity contribution in [2.75, 3.05) is 26.3 Å². The Balaban J connectivity index is 1.56. The molecular formula is C24H25F3N2O2S. The zero-order chi connectivity index (χ0) is 22.1. The van der Waals surface area contributed by atoms with Crippen molar-refractivity contribution in [3.63, 3.8) is 0 Å². The van der Waals surface area contributed by atoms with E-state index in [1.54, 1.807) is 0 Å². The fraction of sp³-hybridized carbons (Fsp3) is 0.417. The van der Waals surface area contributed by atoms with E-state index in [0.29, 0.717) is 25.0 Å². The van der Waals surface area contributed by atoms with Gasteiger partial charge in [0.2, 0.25) is 0 Å². The van der Waals surface area contributed by atoms with Crippen molar-refractivity contribution in [2.45, 2.75) is 42.9 Å². The lowest BCUT2D eigenvalue weighted by Gasteiger charge is -2.22. The van der Waals surface area contributed by atoms with Crippen molar-refractivity contribution in [3.8, 4) is 5.75 Å². The minimum Gasteiger partial charge on any atom is -0.491 e. The molecule has 1 fully saturated rings. The van der Waals surface area contributed by atoms with Crippen LogP contribution in [0.3, 0.4) is 0 Å². The Bertz CT molecular complexity index is 1150. The van der Waals surface area contributed by atoms with E-state index in [-0.39, 0.29) is 12.3 Å². The molecule has 0 atom stereocenters. The Morgan fingerprint density at radius 1 is 1.09 bits per heavy atom. The Morgan fingerprint density at radius 2 is 1.94 bits per heavy atom. The first-order chi connectivity index (χ1) is 15.5. The molecule has 0 bridgehead atoms. The van der Waals surface area contributed by atoms with Gasteiger partial charge in [0.1, 0.15) is 12.4 Å². The lowest BCUT2D eigenvalue weighted by molar-refractivity contribution is -0.0867. The molecule has 5 rings (SSSR count). The van der Waals surface area contributed by atoms with Crippen LogP contribution in [0.4, 0.5) is 13.2 Å². The molecule has 3 heterocycles. The van der Waals surface area contributed by atoms with Crippen molar-refractivity contribution in [2.24, 2.45) is 0 Å². The SMILES string of the molecule is FC(F)(F)C1=CCC=c2c(c(C3CCNCC3)cn2Sc2ccc3c(c2)COCCO3)=C1. The normalized spacial score (nSPS) is 19.4. The Hall–Kier alpha value is -2.16. The van der Waals surface area contributed by atoms with Crippen molar-refractivity contribution in [1.82, 2.24) is 9.29 Å². The number of halogens is 3. The van der Waals surface area contributed by atoms with Crippen LogP contribution in [0.15, 0.2) is 40.9 Å². The van der Waals surface area contributed by atoms with Crippen LogP contribution >= 0.6 is 11.9 Å². The topological polar surface area (TPSA) is 35.4 Å². The molecule has 0 unspecified atom stereocenters. The Labute approximate surface area is 188 Å². The summed E-state index contributed by atoms with van der Waals surface area (Å²) in [6.07, 6.45) is 4.30. The molecule has 32 heavy (non-hydrogen) atoms. The molecule has 1 aromatic carbocycles. The number of nitrogens with zero attached hydrogens (tertiary/aromatic N) is 1. The van der Waals surface area contributed by atoms with Crippen molar-refractivity contribution in [3.05, 3.63) is 57.7 Å². The molecule has 2 aromatic rings. The van der Waals surface area contributed by atoms with Crippen LogP contribution in [-0.2, 0) is 11.3 Å². The molecule has 1 N–H and O–H groups in total. The number of aromatic nitrogens is 1. The predicted octanol–water partition coefficient (Wildman–Crippen LogP) is 3.87. The number of hydrogen-bond donors (Lipinski definition) is 1. The van der Waals surface area contributed by atoms with Crippen LogP contribution in [0.25, 0.3) is 12.2 Å². The average molecular weight is 463 g/mol. The third kappa shape index (κ3) is 4.49. The fourth-order valence-electron chi connectivity index (χ4n) is 4.50. The van der Waals surface area contributed by atoms with Gasteiger partial charge in [-0.3, -0.25) is 3.97 Å². The summed E-state index contributed by atoms with van der Waals surface area (Å²) in [6.45, 7) is 3.35. The number of allylic oxidation sites excluding steroid dienone is 2. The highest BCUT2D eigenvalue weighted by molar-refractivity contribution is 7.97. The molecule has 1 saturated heterocycles. The number of hydrogen-bond acceptors (Lipinski definition) is 4. The van der Waals surface area contributed by atoms with Gasteiger partial charge < -0.3 is 14.8 Å². The maximum atomic E-state index is 13.6. The lowest BCUT2D eigenvalue weighted by Crippen LogP contribution is -2.33. The minimum absolute atomic E-state index is 0.248. The number of nitrogens with one attached hydrogen (secondary N) is 1. The van der Waals surface area contributed by atoms with Crippen LogP contribution < -0.4 is 20.6 Å². The highest BCUT2D eigenvalue weighted by atomic mass is 32.2. The van der Waals surface area contributed by atoms with E-state index in [1.807, 2.05) is 34.4 Å². The van der Waals surface area contributed by atoms with Crippen LogP contribution in [0, 0.1) is 0 Å². The van der Waals surface area contributed by atoms with Gasteiger partial charge >= 0.3 is 6.18 Å². The summed E-state index contributed by atoms with van der Waals surface area (Å²) in [7, 11) is 0. The highest BCUT2D eigenvalue weighted by Crippen LogP contribution is 2.31. The standard InChI is InChI=1S/C24H25F3N2O2S/c25-24(26,27)18-2-1-3-22-20(13-18)21(16-6-8-28-9-7-16)14-29(22)32-19-4-5-23-17(12-19)15-30-10-11-31-23/h2-5,12-14,16,28H,1,6-11,15H2. The zero-order valence-electron chi connectivity index (χ0n) is 17.6. The molecule has 170 valence electrons. The summed E-state index contributed by atoms with van der Waals surface area (Å²) in [6, 6.07) is 5.98. The summed E-state index contributed by atoms with van der Waals surface area (Å²) in [4.78, 5) is 0.995. The van der Waals surface area contributed by atoms with Crippen molar-refractivity contribution in [1.29, 1.82) is 0 Å². The predicted molar refractivity (Wildman–Crippen MR) is 119 cm³/mol. The molecule has 0 saturated carbocycles. The first kappa shape index (κ1) is 21.7. The van der Waals surface area contributed by atoms with E-state index < -0.39 is 11.7 Å². The zero-order valence-corrected chi connectivity index (χ0v) is 18.4. The van der Waals surface area contributed by atoms with Gasteiger partial charge in [0, 0.05) is 21.9 Å². The minimum atomic E-state index is -4.35.